The minimum absolute atomic E-state index is 0.0515. The molecular formula is C20H16ClN3O4S2. The zero-order valence-electron chi connectivity index (χ0n) is 15.6. The summed E-state index contributed by atoms with van der Waals surface area (Å²) in [5.74, 6) is 0.118. The molecule has 0 unspecified atom stereocenters. The van der Waals surface area contributed by atoms with Crippen molar-refractivity contribution in [3.05, 3.63) is 70.7 Å². The number of thiophene rings is 1. The van der Waals surface area contributed by atoms with Crippen LogP contribution in [0.1, 0.15) is 5.56 Å². The quantitative estimate of drug-likeness (QED) is 0.403. The summed E-state index contributed by atoms with van der Waals surface area (Å²) in [4.78, 5) is 12.2. The fraction of sp³-hybridized carbons (Fsp3) is 0.0500. The summed E-state index contributed by atoms with van der Waals surface area (Å²) in [5, 5.41) is 14.7. The molecular weight excluding hydrogens is 446 g/mol. The average molecular weight is 462 g/mol. The van der Waals surface area contributed by atoms with Crippen LogP contribution in [0.5, 0.6) is 5.88 Å². The molecule has 7 nitrogen and oxygen atoms in total. The fourth-order valence-electron chi connectivity index (χ4n) is 3.10. The summed E-state index contributed by atoms with van der Waals surface area (Å²) >= 11 is 6.61. The number of benzene rings is 2. The van der Waals surface area contributed by atoms with Gasteiger partial charge in [0, 0.05) is 22.7 Å². The maximum Gasteiger partial charge on any atom is 0.333 e. The van der Waals surface area contributed by atoms with Crippen molar-refractivity contribution in [1.29, 1.82) is 0 Å². The van der Waals surface area contributed by atoms with Crippen molar-refractivity contribution in [1.82, 2.24) is 9.29 Å². The van der Waals surface area contributed by atoms with Gasteiger partial charge in [0.1, 0.15) is 4.21 Å². The molecule has 154 valence electrons. The zero-order chi connectivity index (χ0) is 21.5. The maximum atomic E-state index is 12.2. The van der Waals surface area contributed by atoms with E-state index in [0.29, 0.717) is 10.0 Å². The lowest BCUT2D eigenvalue weighted by Crippen LogP contribution is -2.33. The van der Waals surface area contributed by atoms with Crippen LogP contribution in [0.3, 0.4) is 0 Å². The van der Waals surface area contributed by atoms with Crippen molar-refractivity contribution < 1.29 is 18.3 Å². The first-order valence-electron chi connectivity index (χ1n) is 8.74. The third kappa shape index (κ3) is 3.87. The van der Waals surface area contributed by atoms with E-state index < -0.39 is 16.1 Å². The van der Waals surface area contributed by atoms with E-state index in [4.69, 9.17) is 11.6 Å². The van der Waals surface area contributed by atoms with Gasteiger partial charge in [0.05, 0.1) is 10.0 Å². The number of rotatable bonds is 4. The molecule has 0 spiro atoms. The van der Waals surface area contributed by atoms with Crippen LogP contribution in [-0.2, 0) is 10.0 Å². The molecule has 4 rings (SSSR count). The summed E-state index contributed by atoms with van der Waals surface area (Å²) in [5.41, 5.74) is 1.91. The van der Waals surface area contributed by atoms with Crippen LogP contribution in [0.25, 0.3) is 16.5 Å². The number of aryl methyl sites for hydroxylation is 1. The van der Waals surface area contributed by atoms with E-state index in [9.17, 15) is 18.3 Å². The second kappa shape index (κ2) is 7.67. The number of amides is 2. The number of anilines is 1. The summed E-state index contributed by atoms with van der Waals surface area (Å²) < 4.78 is 28.3. The Labute approximate surface area is 181 Å². The fourth-order valence-corrected chi connectivity index (χ4v) is 5.49. The first-order valence-corrected chi connectivity index (χ1v) is 11.4. The minimum atomic E-state index is -4.01. The summed E-state index contributed by atoms with van der Waals surface area (Å²) in [7, 11) is -4.01. The third-order valence-electron chi connectivity index (χ3n) is 4.45. The number of sulfonamides is 1. The molecule has 0 aliphatic carbocycles. The highest BCUT2D eigenvalue weighted by Crippen LogP contribution is 2.32. The number of carbonyl (C=O) groups excluding carboxylic acids is 1. The molecule has 0 aliphatic heterocycles. The largest absolute Gasteiger partial charge is 0.494 e. The van der Waals surface area contributed by atoms with Gasteiger partial charge in [-0.05, 0) is 48.9 Å². The van der Waals surface area contributed by atoms with Gasteiger partial charge in [0.2, 0.25) is 5.88 Å². The Hall–Kier alpha value is -3.01. The lowest BCUT2D eigenvalue weighted by Gasteiger charge is -2.12. The van der Waals surface area contributed by atoms with Crippen LogP contribution >= 0.6 is 22.9 Å². The standard InChI is InChI=1S/C20H16ClN3O4S2/c1-12-10-14(22-20(26)23-30(27,28)18-9-8-17(21)29-18)6-7-16(12)24-11-13-4-2-3-5-15(13)19(24)25/h2-11,25H,1H3,(H2,22,23,26). The number of nitrogens with one attached hydrogen (secondary N) is 2. The van der Waals surface area contributed by atoms with Crippen LogP contribution in [0.4, 0.5) is 10.5 Å². The number of hydrogen-bond acceptors (Lipinski definition) is 5. The molecule has 10 heteroatoms. The lowest BCUT2D eigenvalue weighted by molar-refractivity contribution is 0.256. The van der Waals surface area contributed by atoms with Crippen LogP contribution in [0, 0.1) is 6.92 Å². The Bertz CT molecular complexity index is 1380. The summed E-state index contributed by atoms with van der Waals surface area (Å²) in [6.45, 7) is 1.83. The van der Waals surface area contributed by atoms with Crippen LogP contribution in [0.2, 0.25) is 4.34 Å². The Morgan fingerprint density at radius 3 is 2.57 bits per heavy atom. The van der Waals surface area contributed by atoms with E-state index in [1.165, 1.54) is 12.1 Å². The molecule has 0 saturated heterocycles. The Morgan fingerprint density at radius 1 is 1.13 bits per heavy atom. The Morgan fingerprint density at radius 2 is 1.90 bits per heavy atom. The van der Waals surface area contributed by atoms with Crippen molar-refractivity contribution >= 4 is 55.5 Å². The zero-order valence-corrected chi connectivity index (χ0v) is 18.0. The number of hydrogen-bond donors (Lipinski definition) is 3. The van der Waals surface area contributed by atoms with Crippen molar-refractivity contribution in [2.75, 3.05) is 5.32 Å². The molecule has 3 N–H and O–H groups in total. The van der Waals surface area contributed by atoms with Gasteiger partial charge in [-0.15, -0.1) is 11.3 Å². The van der Waals surface area contributed by atoms with Crippen LogP contribution in [-0.4, -0.2) is 24.1 Å². The SMILES string of the molecule is Cc1cc(NC(=O)NS(=O)(=O)c2ccc(Cl)s2)ccc1-n1cc2ccccc2c1O. The number of urea groups is 1. The first kappa shape index (κ1) is 20.3. The van der Waals surface area contributed by atoms with Gasteiger partial charge < -0.3 is 10.4 Å². The second-order valence-corrected chi connectivity index (χ2v) is 10.2. The monoisotopic (exact) mass is 461 g/mol. The predicted molar refractivity (Wildman–Crippen MR) is 118 cm³/mol. The smallest absolute Gasteiger partial charge is 0.333 e. The van der Waals surface area contributed by atoms with Gasteiger partial charge in [-0.25, -0.2) is 17.9 Å². The van der Waals surface area contributed by atoms with E-state index in [0.717, 1.165) is 33.4 Å². The van der Waals surface area contributed by atoms with Gasteiger partial charge in [-0.1, -0.05) is 29.8 Å². The molecule has 0 radical (unpaired) electrons. The van der Waals surface area contributed by atoms with Crippen molar-refractivity contribution in [3.63, 3.8) is 0 Å². The number of aromatic nitrogens is 1. The molecule has 0 aliphatic rings. The molecule has 2 amide bonds. The number of halogens is 1. The number of aromatic hydroxyl groups is 1. The Kier molecular flexibility index (Phi) is 5.19. The van der Waals surface area contributed by atoms with Gasteiger partial charge in [0.25, 0.3) is 10.0 Å². The second-order valence-electron chi connectivity index (χ2n) is 6.53. The molecule has 0 atom stereocenters. The highest BCUT2D eigenvalue weighted by molar-refractivity contribution is 7.92. The van der Waals surface area contributed by atoms with Crippen LogP contribution in [0.15, 0.2) is 65.0 Å². The van der Waals surface area contributed by atoms with Crippen molar-refractivity contribution in [2.45, 2.75) is 11.1 Å². The van der Waals surface area contributed by atoms with Gasteiger partial charge in [-0.2, -0.15) is 0 Å². The molecule has 0 fully saturated rings. The average Bonchev–Trinajstić information content (AvgIpc) is 3.26. The molecule has 4 aromatic rings. The van der Waals surface area contributed by atoms with Crippen molar-refractivity contribution in [2.24, 2.45) is 0 Å². The van der Waals surface area contributed by atoms with E-state index in [1.54, 1.807) is 22.8 Å². The molecule has 2 heterocycles. The van der Waals surface area contributed by atoms with Gasteiger partial charge >= 0.3 is 6.03 Å². The third-order valence-corrected chi connectivity index (χ3v) is 7.51. The molecule has 0 bridgehead atoms. The number of carbonyl (C=O) groups is 1. The van der Waals surface area contributed by atoms with E-state index in [2.05, 4.69) is 5.32 Å². The predicted octanol–water partition coefficient (Wildman–Crippen LogP) is 4.87. The van der Waals surface area contributed by atoms with E-state index in [1.807, 2.05) is 42.1 Å². The normalized spacial score (nSPS) is 11.5. The minimum Gasteiger partial charge on any atom is -0.494 e. The van der Waals surface area contributed by atoms with Crippen LogP contribution < -0.4 is 10.0 Å². The van der Waals surface area contributed by atoms with E-state index >= 15 is 0 Å². The topological polar surface area (TPSA) is 100 Å². The van der Waals surface area contributed by atoms with Gasteiger partial charge in [0.15, 0.2) is 0 Å². The van der Waals surface area contributed by atoms with Crippen molar-refractivity contribution in [3.8, 4) is 11.6 Å². The molecule has 2 aromatic carbocycles. The molecule has 30 heavy (non-hydrogen) atoms. The number of fused-ring (bicyclic) bond motifs is 1. The highest BCUT2D eigenvalue weighted by Gasteiger charge is 2.20. The number of nitrogens with zero attached hydrogens (tertiary/aromatic N) is 1. The summed E-state index contributed by atoms with van der Waals surface area (Å²) in [6.07, 6.45) is 1.82. The Balaban J connectivity index is 1.54. The highest BCUT2D eigenvalue weighted by atomic mass is 35.5. The lowest BCUT2D eigenvalue weighted by atomic mass is 10.1. The summed E-state index contributed by atoms with van der Waals surface area (Å²) in [6, 6.07) is 14.4. The molecule has 2 aromatic heterocycles. The first-order chi connectivity index (χ1) is 14.2. The van der Waals surface area contributed by atoms with Gasteiger partial charge in [-0.3, -0.25) is 4.57 Å². The van der Waals surface area contributed by atoms with E-state index in [-0.39, 0.29) is 10.1 Å². The molecule has 0 saturated carbocycles. The maximum absolute atomic E-state index is 12.2.